The van der Waals surface area contributed by atoms with E-state index in [0.29, 0.717) is 0 Å². The lowest BCUT2D eigenvalue weighted by Gasteiger charge is -2.31. The first-order valence-electron chi connectivity index (χ1n) is 9.08. The molecule has 27 heavy (non-hydrogen) atoms. The number of nitrogens with one attached hydrogen (secondary N) is 2. The van der Waals surface area contributed by atoms with Crippen LogP contribution in [0.2, 0.25) is 0 Å². The molecule has 4 nitrogen and oxygen atoms in total. The summed E-state index contributed by atoms with van der Waals surface area (Å²) < 4.78 is 0. The summed E-state index contributed by atoms with van der Waals surface area (Å²) in [6.45, 7) is 3.05. The summed E-state index contributed by atoms with van der Waals surface area (Å²) in [5, 5.41) is 6.15. The Balaban J connectivity index is 1.98. The minimum absolute atomic E-state index is 0.0478. The van der Waals surface area contributed by atoms with E-state index in [-0.39, 0.29) is 29.8 Å². The van der Waals surface area contributed by atoms with Gasteiger partial charge in [-0.25, -0.2) is 0 Å². The molecular formula is C23H24N2O2. The zero-order valence-electron chi connectivity index (χ0n) is 15.6. The third kappa shape index (κ3) is 4.53. The van der Waals surface area contributed by atoms with Crippen LogP contribution in [-0.2, 0) is 9.59 Å². The Hall–Kier alpha value is -3.14. The van der Waals surface area contributed by atoms with Crippen LogP contribution in [0.15, 0.2) is 84.5 Å². The molecule has 0 aliphatic heterocycles. The standard InChI is InChI=1S/C23H24N2O2/c1-16(26)24-22(18-10-5-3-6-11-18)20-14-9-15-21(20)23(25-17(2)27)19-12-7-4-8-13-19/h3-15,20,22-23H,1-2H3,(H,24,26)(H,25,27)/t20?,22-,23+/m0/s1. The van der Waals surface area contributed by atoms with Crippen molar-refractivity contribution in [2.75, 3.05) is 0 Å². The van der Waals surface area contributed by atoms with Gasteiger partial charge in [-0.3, -0.25) is 9.59 Å². The van der Waals surface area contributed by atoms with Gasteiger partial charge < -0.3 is 10.6 Å². The van der Waals surface area contributed by atoms with Gasteiger partial charge in [0.2, 0.25) is 11.8 Å². The van der Waals surface area contributed by atoms with Crippen LogP contribution in [0.5, 0.6) is 0 Å². The van der Waals surface area contributed by atoms with E-state index in [1.807, 2.05) is 72.8 Å². The van der Waals surface area contributed by atoms with Gasteiger partial charge in [0, 0.05) is 19.8 Å². The Bertz CT molecular complexity index is 856. The Labute approximate surface area is 160 Å². The molecule has 1 aliphatic carbocycles. The number of carbonyl (C=O) groups excluding carboxylic acids is 2. The fraction of sp³-hybridized carbons (Fsp3) is 0.217. The highest BCUT2D eigenvalue weighted by molar-refractivity contribution is 5.75. The summed E-state index contributed by atoms with van der Waals surface area (Å²) in [5.74, 6) is -0.223. The molecule has 0 bridgehead atoms. The van der Waals surface area contributed by atoms with Crippen LogP contribution in [-0.4, -0.2) is 11.8 Å². The molecule has 0 radical (unpaired) electrons. The van der Waals surface area contributed by atoms with Crippen molar-refractivity contribution in [3.8, 4) is 0 Å². The second kappa shape index (κ2) is 8.49. The summed E-state index contributed by atoms with van der Waals surface area (Å²) in [6, 6.07) is 19.4. The molecule has 3 atom stereocenters. The minimum Gasteiger partial charge on any atom is -0.349 e. The number of carbonyl (C=O) groups is 2. The minimum atomic E-state index is -0.247. The number of rotatable bonds is 6. The van der Waals surface area contributed by atoms with Crippen molar-refractivity contribution in [1.29, 1.82) is 0 Å². The first-order chi connectivity index (χ1) is 13.1. The quantitative estimate of drug-likeness (QED) is 0.822. The van der Waals surface area contributed by atoms with Gasteiger partial charge in [-0.1, -0.05) is 78.9 Å². The Morgan fingerprint density at radius 2 is 1.37 bits per heavy atom. The summed E-state index contributed by atoms with van der Waals surface area (Å²) >= 11 is 0. The Kier molecular flexibility index (Phi) is 5.87. The molecule has 2 amide bonds. The van der Waals surface area contributed by atoms with E-state index in [2.05, 4.69) is 16.7 Å². The fourth-order valence-corrected chi connectivity index (χ4v) is 3.57. The van der Waals surface area contributed by atoms with Gasteiger partial charge in [0.25, 0.3) is 0 Å². The highest BCUT2D eigenvalue weighted by atomic mass is 16.2. The molecule has 2 aromatic carbocycles. The van der Waals surface area contributed by atoms with E-state index in [1.54, 1.807) is 0 Å². The molecule has 0 spiro atoms. The molecule has 1 unspecified atom stereocenters. The number of hydrogen-bond acceptors (Lipinski definition) is 2. The van der Waals surface area contributed by atoms with Crippen LogP contribution in [0.1, 0.15) is 37.1 Å². The first-order valence-corrected chi connectivity index (χ1v) is 9.08. The maximum Gasteiger partial charge on any atom is 0.217 e. The number of hydrogen-bond donors (Lipinski definition) is 2. The zero-order valence-corrected chi connectivity index (χ0v) is 15.6. The number of allylic oxidation sites excluding steroid dienone is 2. The average Bonchev–Trinajstić information content (AvgIpc) is 3.14. The molecule has 0 heterocycles. The summed E-state index contributed by atoms with van der Waals surface area (Å²) in [7, 11) is 0. The molecule has 1 aliphatic rings. The zero-order chi connectivity index (χ0) is 19.2. The summed E-state index contributed by atoms with van der Waals surface area (Å²) in [6.07, 6.45) is 6.12. The van der Waals surface area contributed by atoms with Crippen molar-refractivity contribution >= 4 is 11.8 Å². The maximum atomic E-state index is 11.9. The van der Waals surface area contributed by atoms with Gasteiger partial charge in [0.1, 0.15) is 0 Å². The number of amides is 2. The molecule has 2 aromatic rings. The molecule has 2 N–H and O–H groups in total. The van der Waals surface area contributed by atoms with Crippen LogP contribution in [0.3, 0.4) is 0 Å². The highest BCUT2D eigenvalue weighted by Crippen LogP contribution is 2.39. The van der Waals surface area contributed by atoms with E-state index in [0.717, 1.165) is 16.7 Å². The lowest BCUT2D eigenvalue weighted by Crippen LogP contribution is -2.35. The van der Waals surface area contributed by atoms with Crippen LogP contribution in [0.25, 0.3) is 0 Å². The normalized spacial score (nSPS) is 17.7. The smallest absolute Gasteiger partial charge is 0.217 e. The van der Waals surface area contributed by atoms with Crippen molar-refractivity contribution in [2.45, 2.75) is 25.9 Å². The van der Waals surface area contributed by atoms with Gasteiger partial charge in [-0.15, -0.1) is 0 Å². The third-order valence-electron chi connectivity index (χ3n) is 4.68. The van der Waals surface area contributed by atoms with E-state index in [9.17, 15) is 9.59 Å². The molecule has 0 aromatic heterocycles. The molecule has 4 heteroatoms. The van der Waals surface area contributed by atoms with Crippen molar-refractivity contribution in [1.82, 2.24) is 10.6 Å². The predicted octanol–water partition coefficient (Wildman–Crippen LogP) is 3.85. The molecule has 3 rings (SSSR count). The van der Waals surface area contributed by atoms with Gasteiger partial charge in [0.05, 0.1) is 12.1 Å². The van der Waals surface area contributed by atoms with Gasteiger partial charge in [-0.05, 0) is 16.7 Å². The highest BCUT2D eigenvalue weighted by Gasteiger charge is 2.32. The maximum absolute atomic E-state index is 11.9. The predicted molar refractivity (Wildman–Crippen MR) is 107 cm³/mol. The van der Waals surface area contributed by atoms with E-state index < -0.39 is 0 Å². The summed E-state index contributed by atoms with van der Waals surface area (Å²) in [4.78, 5) is 23.8. The van der Waals surface area contributed by atoms with E-state index >= 15 is 0 Å². The second-order valence-electron chi connectivity index (χ2n) is 6.71. The van der Waals surface area contributed by atoms with Gasteiger partial charge >= 0.3 is 0 Å². The van der Waals surface area contributed by atoms with Gasteiger partial charge in [0.15, 0.2) is 0 Å². The molecule has 0 fully saturated rings. The molecular weight excluding hydrogens is 336 g/mol. The second-order valence-corrected chi connectivity index (χ2v) is 6.71. The van der Waals surface area contributed by atoms with E-state index in [4.69, 9.17) is 0 Å². The first kappa shape index (κ1) is 18.6. The SMILES string of the molecule is CC(=O)N[C@@H](C1=CC=CC1[C@@H](NC(C)=O)c1ccccc1)c1ccccc1. The van der Waals surface area contributed by atoms with Crippen LogP contribution in [0.4, 0.5) is 0 Å². The molecule has 138 valence electrons. The van der Waals surface area contributed by atoms with Crippen molar-refractivity contribution in [3.63, 3.8) is 0 Å². The van der Waals surface area contributed by atoms with Crippen LogP contribution >= 0.6 is 0 Å². The fourth-order valence-electron chi connectivity index (χ4n) is 3.57. The lowest BCUT2D eigenvalue weighted by atomic mass is 9.83. The van der Waals surface area contributed by atoms with Crippen molar-refractivity contribution < 1.29 is 9.59 Å². The van der Waals surface area contributed by atoms with Crippen LogP contribution < -0.4 is 10.6 Å². The Morgan fingerprint density at radius 1 is 0.815 bits per heavy atom. The molecule has 0 saturated heterocycles. The number of benzene rings is 2. The van der Waals surface area contributed by atoms with E-state index in [1.165, 1.54) is 13.8 Å². The summed E-state index contributed by atoms with van der Waals surface area (Å²) in [5.41, 5.74) is 3.10. The lowest BCUT2D eigenvalue weighted by molar-refractivity contribution is -0.120. The molecule has 0 saturated carbocycles. The van der Waals surface area contributed by atoms with Crippen LogP contribution in [0, 0.1) is 5.92 Å². The van der Waals surface area contributed by atoms with Crippen molar-refractivity contribution in [3.05, 3.63) is 95.6 Å². The average molecular weight is 360 g/mol. The Morgan fingerprint density at radius 3 is 1.93 bits per heavy atom. The topological polar surface area (TPSA) is 58.2 Å². The van der Waals surface area contributed by atoms with Gasteiger partial charge in [-0.2, -0.15) is 0 Å². The van der Waals surface area contributed by atoms with Crippen molar-refractivity contribution in [2.24, 2.45) is 5.92 Å². The monoisotopic (exact) mass is 360 g/mol. The largest absolute Gasteiger partial charge is 0.349 e. The third-order valence-corrected chi connectivity index (χ3v) is 4.68.